The largest absolute Gasteiger partial charge is 0.465 e. The van der Waals surface area contributed by atoms with Gasteiger partial charge in [-0.3, -0.25) is 38.9 Å². The molecule has 416 valence electrons. The zero-order valence-corrected chi connectivity index (χ0v) is 48.0. The Hall–Kier alpha value is -6.12. The number of hydrogen-bond donors (Lipinski definition) is 2. The van der Waals surface area contributed by atoms with E-state index in [1.54, 1.807) is 30.3 Å². The van der Waals surface area contributed by atoms with Gasteiger partial charge in [0.1, 0.15) is 12.1 Å². The highest BCUT2D eigenvalue weighted by atomic mass is 16.5. The number of morpholine rings is 1. The van der Waals surface area contributed by atoms with Gasteiger partial charge in [0, 0.05) is 100 Å². The first-order valence-corrected chi connectivity index (χ1v) is 27.7. The molecule has 7 rings (SSSR count). The number of nitrogens with one attached hydrogen (secondary N) is 2. The summed E-state index contributed by atoms with van der Waals surface area (Å²) in [6.07, 6.45) is 4.55. The Morgan fingerprint density at radius 2 is 1.69 bits per heavy atom. The quantitative estimate of drug-likeness (QED) is 0.0744. The van der Waals surface area contributed by atoms with Gasteiger partial charge in [-0.2, -0.15) is 0 Å². The van der Waals surface area contributed by atoms with E-state index < -0.39 is 34.9 Å². The number of carbonyl (C=O) groups excluding carboxylic acids is 5. The number of benzene rings is 2. The highest BCUT2D eigenvalue weighted by molar-refractivity contribution is 5.97. The van der Waals surface area contributed by atoms with Crippen molar-refractivity contribution >= 4 is 40.5 Å². The summed E-state index contributed by atoms with van der Waals surface area (Å²) < 4.78 is 19.5. The second kappa shape index (κ2) is 25.1. The first kappa shape index (κ1) is 58.6. The summed E-state index contributed by atoms with van der Waals surface area (Å²) in [5.74, 6) is 3.77. The highest BCUT2D eigenvalue weighted by Crippen LogP contribution is 2.42. The highest BCUT2D eigenvalue weighted by Gasteiger charge is 2.40. The van der Waals surface area contributed by atoms with Gasteiger partial charge in [-0.05, 0) is 126 Å². The number of aromatic nitrogens is 2. The molecule has 3 fully saturated rings. The summed E-state index contributed by atoms with van der Waals surface area (Å²) in [4.78, 5) is 79.4. The molecule has 16 heteroatoms. The van der Waals surface area contributed by atoms with Gasteiger partial charge in [-0.15, -0.1) is 0 Å². The second-order valence-electron chi connectivity index (χ2n) is 23.1. The Balaban J connectivity index is 1.15. The van der Waals surface area contributed by atoms with Crippen LogP contribution in [0.25, 0.3) is 33.3 Å². The minimum absolute atomic E-state index is 0.149. The molecule has 3 aliphatic rings. The molecule has 0 radical (unpaired) electrons. The van der Waals surface area contributed by atoms with Gasteiger partial charge in [0.25, 0.3) is 11.8 Å². The average molecular weight is 1060 g/mol. The Labute approximate surface area is 456 Å². The van der Waals surface area contributed by atoms with Crippen LogP contribution in [-0.4, -0.2) is 149 Å². The molecular weight excluding hydrogens is 973 g/mol. The minimum Gasteiger partial charge on any atom is -0.465 e. The van der Waals surface area contributed by atoms with Crippen molar-refractivity contribution < 1.29 is 38.2 Å². The zero-order chi connectivity index (χ0) is 55.9. The van der Waals surface area contributed by atoms with Crippen molar-refractivity contribution in [3.63, 3.8) is 0 Å². The summed E-state index contributed by atoms with van der Waals surface area (Å²) in [6.45, 7) is 25.7. The average Bonchev–Trinajstić information content (AvgIpc) is 4.07. The van der Waals surface area contributed by atoms with Crippen molar-refractivity contribution in [3.05, 3.63) is 77.6 Å². The maximum Gasteiger partial charge on any atom is 0.302 e. The van der Waals surface area contributed by atoms with Crippen molar-refractivity contribution in [2.75, 3.05) is 60.2 Å². The molecule has 3 aliphatic heterocycles. The number of esters is 1. The SMILES string of the molecule is CCn1c(-c2cccnc2[C@H](C)OC)c(CC(C)(C)COC(C)=O)c2cc(-c3cccc(C[C@H](NC(=O)[C@H](C(C)C)N(C)C(=O)[C@H]4CCN(C(=O)C#CC(C)(C)N5[C@H](C)COC[C@@H]5C)C4)C(=O)N4CCCCN4)c3)ccc21. The molecule has 4 aromatic rings. The smallest absolute Gasteiger partial charge is 0.302 e. The minimum atomic E-state index is -0.947. The Morgan fingerprint density at radius 1 is 0.961 bits per heavy atom. The number of methoxy groups -OCH3 is 1. The first-order chi connectivity index (χ1) is 36.5. The number of fused-ring (bicyclic) bond motifs is 1. The van der Waals surface area contributed by atoms with Crippen LogP contribution in [0, 0.1) is 29.1 Å². The Morgan fingerprint density at radius 3 is 2.35 bits per heavy atom. The van der Waals surface area contributed by atoms with Crippen LogP contribution in [0.4, 0.5) is 0 Å². The van der Waals surface area contributed by atoms with Crippen LogP contribution in [-0.2, 0) is 57.6 Å². The molecule has 6 atom stereocenters. The van der Waals surface area contributed by atoms with Crippen molar-refractivity contribution in [2.45, 2.75) is 151 Å². The van der Waals surface area contributed by atoms with E-state index in [1.807, 2.05) is 52.8 Å². The lowest BCUT2D eigenvalue weighted by molar-refractivity contribution is -0.146. The van der Waals surface area contributed by atoms with Gasteiger partial charge >= 0.3 is 5.97 Å². The number of hydrazine groups is 1. The van der Waals surface area contributed by atoms with Crippen LogP contribution in [0.1, 0.15) is 118 Å². The fourth-order valence-corrected chi connectivity index (χ4v) is 11.9. The fourth-order valence-electron chi connectivity index (χ4n) is 11.9. The molecule has 2 aromatic carbocycles. The lowest BCUT2D eigenvalue weighted by Crippen LogP contribution is -2.59. The second-order valence-corrected chi connectivity index (χ2v) is 23.1. The number of hydrogen-bond acceptors (Lipinski definition) is 11. The summed E-state index contributed by atoms with van der Waals surface area (Å²) in [7, 11) is 3.33. The van der Waals surface area contributed by atoms with E-state index in [-0.39, 0.29) is 67.4 Å². The number of likely N-dealkylation sites (N-methyl/N-ethyl adjacent to an activating group) is 1. The van der Waals surface area contributed by atoms with Crippen molar-refractivity contribution in [1.82, 2.24) is 40.0 Å². The lowest BCUT2D eigenvalue weighted by Gasteiger charge is -2.46. The zero-order valence-electron chi connectivity index (χ0n) is 48.0. The maximum atomic E-state index is 14.7. The molecule has 2 N–H and O–H groups in total. The van der Waals surface area contributed by atoms with Crippen LogP contribution in [0.2, 0.25) is 0 Å². The predicted octanol–water partition coefficient (Wildman–Crippen LogP) is 7.61. The van der Waals surface area contributed by atoms with Gasteiger partial charge in [0.2, 0.25) is 11.8 Å². The van der Waals surface area contributed by atoms with E-state index >= 15 is 0 Å². The molecule has 0 unspecified atom stereocenters. The molecule has 2 aromatic heterocycles. The monoisotopic (exact) mass is 1060 g/mol. The van der Waals surface area contributed by atoms with Gasteiger partial charge in [0.05, 0.1) is 48.8 Å². The van der Waals surface area contributed by atoms with Crippen LogP contribution in [0.3, 0.4) is 0 Å². The fraction of sp³-hybridized carbons (Fsp3) is 0.574. The predicted molar refractivity (Wildman–Crippen MR) is 300 cm³/mol. The first-order valence-electron chi connectivity index (χ1n) is 27.7. The molecular formula is C61H84N8O8. The van der Waals surface area contributed by atoms with Crippen molar-refractivity contribution in [3.8, 4) is 34.2 Å². The van der Waals surface area contributed by atoms with E-state index in [2.05, 4.69) is 103 Å². The third-order valence-electron chi connectivity index (χ3n) is 15.6. The van der Waals surface area contributed by atoms with E-state index in [4.69, 9.17) is 19.2 Å². The maximum absolute atomic E-state index is 14.7. The summed E-state index contributed by atoms with van der Waals surface area (Å²) in [6, 6.07) is 17.1. The Bertz CT molecular complexity index is 2830. The molecule has 3 saturated heterocycles. The van der Waals surface area contributed by atoms with Gasteiger partial charge in [0.15, 0.2) is 0 Å². The van der Waals surface area contributed by atoms with Gasteiger partial charge < -0.3 is 33.9 Å². The molecule has 5 heterocycles. The van der Waals surface area contributed by atoms with Gasteiger partial charge in [-0.25, -0.2) is 5.43 Å². The molecule has 0 saturated carbocycles. The Kier molecular flexibility index (Phi) is 19.1. The van der Waals surface area contributed by atoms with E-state index in [9.17, 15) is 24.0 Å². The number of nitrogens with zero attached hydrogens (tertiary/aromatic N) is 6. The number of pyridine rings is 1. The molecule has 0 spiro atoms. The summed E-state index contributed by atoms with van der Waals surface area (Å²) in [5, 5.41) is 5.81. The number of likely N-dealkylation sites (tertiary alicyclic amines) is 1. The number of aryl methyl sites for hydroxylation is 1. The van der Waals surface area contributed by atoms with E-state index in [0.717, 1.165) is 62.9 Å². The standard InChI is InChI=1S/C61H84N8O8/c1-14-67-52-23-22-46(33-49(52)50(34-60(8,9)38-77-43(7)70)56(67)48-21-18-27-62-54(48)42(6)75-13)45-20-17-19-44(31-45)32-51(59(74)68-29-16-15-28-63-68)64-57(72)55(39(2)3)65(12)58(73)47-25-30-66(35-47)53(71)24-26-61(10,11)69-40(4)36-76-37-41(69)5/h17-23,27,31,33,39-42,47,51,55,63H,14-16,25,28-30,32,34-38H2,1-13H3,(H,64,72)/t40-,41+,42-,47-,51-,55-/m0/s1. The van der Waals surface area contributed by atoms with Crippen molar-refractivity contribution in [2.24, 2.45) is 17.3 Å². The normalized spacial score (nSPS) is 19.6. The number of rotatable bonds is 18. The van der Waals surface area contributed by atoms with E-state index in [1.165, 1.54) is 11.8 Å². The molecule has 16 nitrogen and oxygen atoms in total. The van der Waals surface area contributed by atoms with Gasteiger partial charge in [-0.1, -0.05) is 63.9 Å². The summed E-state index contributed by atoms with van der Waals surface area (Å²) in [5.41, 5.74) is 10.0. The number of carbonyl (C=O) groups is 5. The molecule has 4 amide bonds. The van der Waals surface area contributed by atoms with E-state index in [0.29, 0.717) is 52.2 Å². The molecule has 77 heavy (non-hydrogen) atoms. The number of amides is 4. The van der Waals surface area contributed by atoms with Crippen LogP contribution in [0.5, 0.6) is 0 Å². The van der Waals surface area contributed by atoms with Crippen molar-refractivity contribution in [1.29, 1.82) is 0 Å². The lowest BCUT2D eigenvalue weighted by atomic mass is 9.84. The summed E-state index contributed by atoms with van der Waals surface area (Å²) >= 11 is 0. The van der Waals surface area contributed by atoms with Crippen LogP contribution in [0.15, 0.2) is 60.8 Å². The number of ether oxygens (including phenoxy) is 3. The topological polar surface area (TPSA) is 168 Å². The van der Waals surface area contributed by atoms with Crippen LogP contribution < -0.4 is 10.7 Å². The molecule has 0 bridgehead atoms. The third-order valence-corrected chi connectivity index (χ3v) is 15.6. The van der Waals surface area contributed by atoms with Crippen LogP contribution >= 0.6 is 0 Å². The third kappa shape index (κ3) is 13.6. The molecule has 0 aliphatic carbocycles.